The summed E-state index contributed by atoms with van der Waals surface area (Å²) in [5, 5.41) is 0. The van der Waals surface area contributed by atoms with Gasteiger partial charge in [-0.3, -0.25) is 0 Å². The molecule has 0 nitrogen and oxygen atoms in total. The maximum Gasteiger partial charge on any atom is 0.0485 e. The highest BCUT2D eigenvalue weighted by Crippen LogP contribution is 2.32. The van der Waals surface area contributed by atoms with Crippen LogP contribution in [0.1, 0.15) is 11.1 Å². The molecule has 0 aliphatic carbocycles. The Labute approximate surface area is 111 Å². The zero-order valence-corrected chi connectivity index (χ0v) is 11.0. The molecule has 0 saturated heterocycles. The monoisotopic (exact) mass is 260 g/mol. The van der Waals surface area contributed by atoms with Crippen molar-refractivity contribution in [3.63, 3.8) is 0 Å². The Kier molecular flexibility index (Phi) is 4.29. The maximum atomic E-state index is 5.95. The lowest BCUT2D eigenvalue weighted by Crippen LogP contribution is -1.85. The molecule has 2 heteroatoms. The van der Waals surface area contributed by atoms with Gasteiger partial charge in [0.25, 0.3) is 0 Å². The van der Waals surface area contributed by atoms with Crippen molar-refractivity contribution in [3.05, 3.63) is 66.2 Å². The van der Waals surface area contributed by atoms with Crippen molar-refractivity contribution in [3.8, 4) is 0 Å². The van der Waals surface area contributed by atoms with Crippen LogP contribution in [0.3, 0.4) is 0 Å². The van der Waals surface area contributed by atoms with E-state index in [2.05, 4.69) is 30.8 Å². The van der Waals surface area contributed by atoms with Gasteiger partial charge in [0.2, 0.25) is 0 Å². The van der Waals surface area contributed by atoms with Crippen molar-refractivity contribution >= 4 is 29.4 Å². The molecule has 0 N–H and O–H groups in total. The molecule has 0 spiro atoms. The van der Waals surface area contributed by atoms with E-state index in [1.807, 2.05) is 30.3 Å². The minimum Gasteiger partial charge on any atom is -0.122 e. The Morgan fingerprint density at radius 2 is 1.88 bits per heavy atom. The lowest BCUT2D eigenvalue weighted by molar-refractivity contribution is 1.25. The molecule has 2 aromatic rings. The smallest absolute Gasteiger partial charge is 0.0485 e. The van der Waals surface area contributed by atoms with Gasteiger partial charge in [0.05, 0.1) is 0 Å². The van der Waals surface area contributed by atoms with E-state index in [1.54, 1.807) is 11.8 Å². The summed E-state index contributed by atoms with van der Waals surface area (Å²) in [6.07, 6.45) is 1.85. The van der Waals surface area contributed by atoms with Crippen LogP contribution in [0.5, 0.6) is 0 Å². The number of halogens is 1. The largest absolute Gasteiger partial charge is 0.122 e. The van der Waals surface area contributed by atoms with Crippen LogP contribution in [0, 0.1) is 0 Å². The van der Waals surface area contributed by atoms with E-state index in [4.69, 9.17) is 11.6 Å². The first-order chi connectivity index (χ1) is 8.33. The van der Waals surface area contributed by atoms with E-state index in [-0.39, 0.29) is 0 Å². The van der Waals surface area contributed by atoms with E-state index >= 15 is 0 Å². The summed E-state index contributed by atoms with van der Waals surface area (Å²) in [6.45, 7) is 3.79. The molecule has 86 valence electrons. The van der Waals surface area contributed by atoms with E-state index < -0.39 is 0 Å². The predicted molar refractivity (Wildman–Crippen MR) is 76.7 cm³/mol. The Morgan fingerprint density at radius 3 is 2.53 bits per heavy atom. The minimum atomic E-state index is 0.534. The Hall–Kier alpha value is -1.18. The summed E-state index contributed by atoms with van der Waals surface area (Å²) in [4.78, 5) is 2.42. The fourth-order valence-corrected chi connectivity index (χ4v) is 2.84. The second-order valence-corrected chi connectivity index (χ2v) is 5.00. The topological polar surface area (TPSA) is 0 Å². The molecule has 0 unspecified atom stereocenters. The molecule has 0 saturated carbocycles. The molecule has 17 heavy (non-hydrogen) atoms. The summed E-state index contributed by atoms with van der Waals surface area (Å²) in [5.41, 5.74) is 2.28. The van der Waals surface area contributed by atoms with Gasteiger partial charge in [-0.2, -0.15) is 0 Å². The van der Waals surface area contributed by atoms with Gasteiger partial charge < -0.3 is 0 Å². The highest BCUT2D eigenvalue weighted by Gasteiger charge is 2.04. The van der Waals surface area contributed by atoms with Crippen molar-refractivity contribution in [1.82, 2.24) is 0 Å². The van der Waals surface area contributed by atoms with Crippen LogP contribution in [-0.2, 0) is 5.88 Å². The van der Waals surface area contributed by atoms with Crippen molar-refractivity contribution < 1.29 is 0 Å². The summed E-state index contributed by atoms with van der Waals surface area (Å²) in [6, 6.07) is 16.5. The third-order valence-electron chi connectivity index (χ3n) is 2.44. The molecule has 0 amide bonds. The Bertz CT molecular complexity index is 506. The van der Waals surface area contributed by atoms with Crippen LogP contribution in [-0.4, -0.2) is 0 Å². The van der Waals surface area contributed by atoms with E-state index in [1.165, 1.54) is 9.79 Å². The first-order valence-electron chi connectivity index (χ1n) is 5.37. The molecule has 0 aliphatic rings. The quantitative estimate of drug-likeness (QED) is 0.679. The van der Waals surface area contributed by atoms with Gasteiger partial charge in [0.15, 0.2) is 0 Å². The lowest BCUT2D eigenvalue weighted by atomic mass is 10.1. The minimum absolute atomic E-state index is 0.534. The molecule has 0 heterocycles. The third kappa shape index (κ3) is 3.15. The molecule has 0 fully saturated rings. The molecular formula is C15H13ClS. The predicted octanol–water partition coefficient (Wildman–Crippen LogP) is 5.22. The van der Waals surface area contributed by atoms with Gasteiger partial charge in [-0.15, -0.1) is 11.6 Å². The van der Waals surface area contributed by atoms with Crippen LogP contribution in [0.25, 0.3) is 6.08 Å². The maximum absolute atomic E-state index is 5.95. The number of benzene rings is 2. The third-order valence-corrected chi connectivity index (χ3v) is 3.84. The number of rotatable bonds is 4. The fourth-order valence-electron chi connectivity index (χ4n) is 1.52. The second-order valence-electron chi connectivity index (χ2n) is 3.62. The number of hydrogen-bond donors (Lipinski definition) is 0. The van der Waals surface area contributed by atoms with Gasteiger partial charge in [0.1, 0.15) is 0 Å². The summed E-state index contributed by atoms with van der Waals surface area (Å²) >= 11 is 7.69. The van der Waals surface area contributed by atoms with E-state index in [9.17, 15) is 0 Å². The summed E-state index contributed by atoms with van der Waals surface area (Å²) in [5.74, 6) is 0.534. The van der Waals surface area contributed by atoms with Gasteiger partial charge >= 0.3 is 0 Å². The van der Waals surface area contributed by atoms with Gasteiger partial charge in [-0.05, 0) is 29.3 Å². The molecule has 2 rings (SSSR count). The van der Waals surface area contributed by atoms with E-state index in [0.717, 1.165) is 11.1 Å². The zero-order valence-electron chi connectivity index (χ0n) is 9.40. The van der Waals surface area contributed by atoms with Crippen LogP contribution in [0.2, 0.25) is 0 Å². The normalized spacial score (nSPS) is 10.2. The van der Waals surface area contributed by atoms with Crippen LogP contribution >= 0.6 is 23.4 Å². The molecule has 0 radical (unpaired) electrons. The molecule has 2 aromatic carbocycles. The number of hydrogen-bond acceptors (Lipinski definition) is 1. The van der Waals surface area contributed by atoms with Crippen molar-refractivity contribution in [2.45, 2.75) is 15.7 Å². The zero-order chi connectivity index (χ0) is 12.1. The summed E-state index contributed by atoms with van der Waals surface area (Å²) in [7, 11) is 0. The van der Waals surface area contributed by atoms with E-state index in [0.29, 0.717) is 5.88 Å². The average Bonchev–Trinajstić information content (AvgIpc) is 2.40. The second kappa shape index (κ2) is 5.95. The molecule has 0 atom stereocenters. The molecule has 0 aliphatic heterocycles. The van der Waals surface area contributed by atoms with Gasteiger partial charge in [-0.25, -0.2) is 0 Å². The summed E-state index contributed by atoms with van der Waals surface area (Å²) < 4.78 is 0. The number of alkyl halides is 1. The fraction of sp³-hybridized carbons (Fsp3) is 0.0667. The lowest BCUT2D eigenvalue weighted by Gasteiger charge is -2.08. The average molecular weight is 261 g/mol. The first kappa shape index (κ1) is 12.3. The molecule has 0 aromatic heterocycles. The molecular weight excluding hydrogens is 248 g/mol. The highest BCUT2D eigenvalue weighted by molar-refractivity contribution is 7.99. The van der Waals surface area contributed by atoms with Gasteiger partial charge in [-0.1, -0.05) is 54.7 Å². The first-order valence-corrected chi connectivity index (χ1v) is 6.73. The standard InChI is InChI=1S/C15H13ClS/c1-2-12-8-9-13(11-16)15(10-12)17-14-6-4-3-5-7-14/h2-10H,1,11H2. The SMILES string of the molecule is C=Cc1ccc(CCl)c(Sc2ccccc2)c1. The van der Waals surface area contributed by atoms with Crippen molar-refractivity contribution in [1.29, 1.82) is 0 Å². The Balaban J connectivity index is 2.33. The van der Waals surface area contributed by atoms with Gasteiger partial charge in [0, 0.05) is 15.7 Å². The van der Waals surface area contributed by atoms with Crippen LogP contribution in [0.4, 0.5) is 0 Å². The van der Waals surface area contributed by atoms with Crippen molar-refractivity contribution in [2.75, 3.05) is 0 Å². The molecule has 0 bridgehead atoms. The van der Waals surface area contributed by atoms with Crippen molar-refractivity contribution in [2.24, 2.45) is 0 Å². The highest BCUT2D eigenvalue weighted by atomic mass is 35.5. The Morgan fingerprint density at radius 1 is 1.12 bits per heavy atom. The van der Waals surface area contributed by atoms with Crippen LogP contribution in [0.15, 0.2) is 64.9 Å². The van der Waals surface area contributed by atoms with Crippen LogP contribution < -0.4 is 0 Å².